The van der Waals surface area contributed by atoms with Gasteiger partial charge in [0.1, 0.15) is 17.3 Å². The normalized spacial score (nSPS) is 10.6. The van der Waals surface area contributed by atoms with Gasteiger partial charge in [-0.1, -0.05) is 13.8 Å². The fourth-order valence-electron chi connectivity index (χ4n) is 1.67. The van der Waals surface area contributed by atoms with Crippen LogP contribution in [-0.4, -0.2) is 24.6 Å². The van der Waals surface area contributed by atoms with Gasteiger partial charge in [-0.3, -0.25) is 4.79 Å². The SMILES string of the molecule is COc1cc(OCCCC(=O)C(C)C)ccc1CO. The van der Waals surface area contributed by atoms with E-state index in [1.807, 2.05) is 13.8 Å². The quantitative estimate of drug-likeness (QED) is 0.735. The van der Waals surface area contributed by atoms with Crippen LogP contribution >= 0.6 is 0 Å². The van der Waals surface area contributed by atoms with Crippen molar-refractivity contribution in [1.82, 2.24) is 0 Å². The van der Waals surface area contributed by atoms with Crippen molar-refractivity contribution >= 4 is 5.78 Å². The van der Waals surface area contributed by atoms with Crippen molar-refractivity contribution in [2.24, 2.45) is 5.92 Å². The summed E-state index contributed by atoms with van der Waals surface area (Å²) in [5.41, 5.74) is 0.727. The number of hydrogen-bond acceptors (Lipinski definition) is 4. The molecule has 0 radical (unpaired) electrons. The third-order valence-corrected chi connectivity index (χ3v) is 2.91. The Morgan fingerprint density at radius 2 is 2.11 bits per heavy atom. The average molecular weight is 266 g/mol. The van der Waals surface area contributed by atoms with Crippen molar-refractivity contribution in [1.29, 1.82) is 0 Å². The summed E-state index contributed by atoms with van der Waals surface area (Å²) in [7, 11) is 1.56. The van der Waals surface area contributed by atoms with E-state index in [0.29, 0.717) is 30.9 Å². The van der Waals surface area contributed by atoms with Gasteiger partial charge in [-0.15, -0.1) is 0 Å². The molecule has 0 aliphatic heterocycles. The predicted molar refractivity (Wildman–Crippen MR) is 73.5 cm³/mol. The molecule has 0 atom stereocenters. The van der Waals surface area contributed by atoms with Crippen LogP contribution in [0.3, 0.4) is 0 Å². The molecule has 1 aromatic rings. The first kappa shape index (κ1) is 15.5. The van der Waals surface area contributed by atoms with Gasteiger partial charge in [0.15, 0.2) is 0 Å². The van der Waals surface area contributed by atoms with Gasteiger partial charge in [-0.05, 0) is 18.6 Å². The van der Waals surface area contributed by atoms with Gasteiger partial charge in [0.2, 0.25) is 0 Å². The van der Waals surface area contributed by atoms with Crippen LogP contribution < -0.4 is 9.47 Å². The second kappa shape index (κ2) is 7.79. The molecule has 106 valence electrons. The minimum absolute atomic E-state index is 0.0632. The second-order valence-electron chi connectivity index (χ2n) is 4.70. The lowest BCUT2D eigenvalue weighted by Crippen LogP contribution is -2.09. The standard InChI is InChI=1S/C15H22O4/c1-11(2)14(17)5-4-8-19-13-7-6-12(10-16)15(9-13)18-3/h6-7,9,11,16H,4-5,8,10H2,1-3H3. The number of methoxy groups -OCH3 is 1. The molecule has 0 saturated heterocycles. The highest BCUT2D eigenvalue weighted by Crippen LogP contribution is 2.24. The zero-order valence-corrected chi connectivity index (χ0v) is 11.8. The molecule has 1 aromatic carbocycles. The number of ether oxygens (including phenoxy) is 2. The van der Waals surface area contributed by atoms with E-state index < -0.39 is 0 Å². The maximum atomic E-state index is 11.4. The van der Waals surface area contributed by atoms with Crippen LogP contribution in [0.2, 0.25) is 0 Å². The van der Waals surface area contributed by atoms with Gasteiger partial charge in [0, 0.05) is 24.0 Å². The van der Waals surface area contributed by atoms with E-state index in [1.165, 1.54) is 0 Å². The van der Waals surface area contributed by atoms with Gasteiger partial charge in [0.25, 0.3) is 0 Å². The summed E-state index contributed by atoms with van der Waals surface area (Å²) in [5.74, 6) is 1.64. The van der Waals surface area contributed by atoms with E-state index in [9.17, 15) is 4.79 Å². The van der Waals surface area contributed by atoms with E-state index in [-0.39, 0.29) is 18.3 Å². The lowest BCUT2D eigenvalue weighted by atomic mass is 10.1. The third kappa shape index (κ3) is 4.91. The predicted octanol–water partition coefficient (Wildman–Crippen LogP) is 2.57. The van der Waals surface area contributed by atoms with Crippen LogP contribution in [0.1, 0.15) is 32.3 Å². The summed E-state index contributed by atoms with van der Waals surface area (Å²) in [6, 6.07) is 5.31. The second-order valence-corrected chi connectivity index (χ2v) is 4.70. The first-order valence-electron chi connectivity index (χ1n) is 6.51. The highest BCUT2D eigenvalue weighted by atomic mass is 16.5. The highest BCUT2D eigenvalue weighted by Gasteiger charge is 2.07. The molecular formula is C15H22O4. The number of ketones is 1. The lowest BCUT2D eigenvalue weighted by Gasteiger charge is -2.10. The van der Waals surface area contributed by atoms with E-state index in [0.717, 1.165) is 5.56 Å². The Morgan fingerprint density at radius 1 is 1.37 bits per heavy atom. The van der Waals surface area contributed by atoms with Gasteiger partial charge in [-0.2, -0.15) is 0 Å². The van der Waals surface area contributed by atoms with Gasteiger partial charge < -0.3 is 14.6 Å². The smallest absolute Gasteiger partial charge is 0.135 e. The number of Topliss-reactive ketones (excluding diaryl/α,β-unsaturated/α-hetero) is 1. The fraction of sp³-hybridized carbons (Fsp3) is 0.533. The lowest BCUT2D eigenvalue weighted by molar-refractivity contribution is -0.122. The Balaban J connectivity index is 2.43. The Labute approximate surface area is 114 Å². The topological polar surface area (TPSA) is 55.8 Å². The van der Waals surface area contributed by atoms with Crippen molar-refractivity contribution in [3.05, 3.63) is 23.8 Å². The molecule has 0 heterocycles. The van der Waals surface area contributed by atoms with E-state index >= 15 is 0 Å². The zero-order valence-electron chi connectivity index (χ0n) is 11.8. The van der Waals surface area contributed by atoms with Gasteiger partial charge in [-0.25, -0.2) is 0 Å². The molecule has 1 N–H and O–H groups in total. The summed E-state index contributed by atoms with van der Waals surface area (Å²) in [5, 5.41) is 9.11. The molecule has 19 heavy (non-hydrogen) atoms. The van der Waals surface area contributed by atoms with Crippen LogP contribution in [0.25, 0.3) is 0 Å². The Kier molecular flexibility index (Phi) is 6.36. The minimum Gasteiger partial charge on any atom is -0.496 e. The molecular weight excluding hydrogens is 244 g/mol. The molecule has 4 nitrogen and oxygen atoms in total. The molecule has 0 spiro atoms. The van der Waals surface area contributed by atoms with Crippen LogP contribution in [0.4, 0.5) is 0 Å². The molecule has 0 aliphatic carbocycles. The zero-order chi connectivity index (χ0) is 14.3. The largest absolute Gasteiger partial charge is 0.496 e. The molecule has 0 bridgehead atoms. The summed E-state index contributed by atoms with van der Waals surface area (Å²) < 4.78 is 10.7. The number of aliphatic hydroxyl groups is 1. The Bertz CT molecular complexity index is 413. The summed E-state index contributed by atoms with van der Waals surface area (Å²) in [4.78, 5) is 11.4. The van der Waals surface area contributed by atoms with Crippen LogP contribution in [-0.2, 0) is 11.4 Å². The van der Waals surface area contributed by atoms with Crippen molar-refractivity contribution < 1.29 is 19.4 Å². The monoisotopic (exact) mass is 266 g/mol. The number of rotatable bonds is 8. The fourth-order valence-corrected chi connectivity index (χ4v) is 1.67. The van der Waals surface area contributed by atoms with E-state index in [2.05, 4.69) is 0 Å². The summed E-state index contributed by atoms with van der Waals surface area (Å²) in [6.07, 6.45) is 1.25. The molecule has 1 rings (SSSR count). The summed E-state index contributed by atoms with van der Waals surface area (Å²) >= 11 is 0. The average Bonchev–Trinajstić information content (AvgIpc) is 2.42. The maximum Gasteiger partial charge on any atom is 0.135 e. The first-order valence-corrected chi connectivity index (χ1v) is 6.51. The van der Waals surface area contributed by atoms with E-state index in [1.54, 1.807) is 25.3 Å². The Hall–Kier alpha value is -1.55. The van der Waals surface area contributed by atoms with Crippen LogP contribution in [0.5, 0.6) is 11.5 Å². The minimum atomic E-state index is -0.0632. The van der Waals surface area contributed by atoms with Gasteiger partial charge >= 0.3 is 0 Å². The number of carbonyl (C=O) groups excluding carboxylic acids is 1. The number of aliphatic hydroxyl groups excluding tert-OH is 1. The Morgan fingerprint density at radius 3 is 2.68 bits per heavy atom. The molecule has 0 unspecified atom stereocenters. The molecule has 0 fully saturated rings. The molecule has 0 aromatic heterocycles. The molecule has 4 heteroatoms. The summed E-state index contributed by atoms with van der Waals surface area (Å²) in [6.45, 7) is 4.25. The van der Waals surface area contributed by atoms with Crippen LogP contribution in [0.15, 0.2) is 18.2 Å². The van der Waals surface area contributed by atoms with E-state index in [4.69, 9.17) is 14.6 Å². The van der Waals surface area contributed by atoms with Gasteiger partial charge in [0.05, 0.1) is 20.3 Å². The van der Waals surface area contributed by atoms with Crippen LogP contribution in [0, 0.1) is 5.92 Å². The maximum absolute atomic E-state index is 11.4. The van der Waals surface area contributed by atoms with Crippen molar-refractivity contribution in [2.75, 3.05) is 13.7 Å². The van der Waals surface area contributed by atoms with Crippen molar-refractivity contribution in [3.8, 4) is 11.5 Å². The third-order valence-electron chi connectivity index (χ3n) is 2.91. The number of carbonyl (C=O) groups is 1. The van der Waals surface area contributed by atoms with Crippen molar-refractivity contribution in [2.45, 2.75) is 33.3 Å². The first-order chi connectivity index (χ1) is 9.08. The molecule has 0 saturated carbocycles. The highest BCUT2D eigenvalue weighted by molar-refractivity contribution is 5.80. The molecule has 0 aliphatic rings. The number of hydrogen-bond donors (Lipinski definition) is 1. The molecule has 0 amide bonds. The number of benzene rings is 1. The van der Waals surface area contributed by atoms with Crippen molar-refractivity contribution in [3.63, 3.8) is 0 Å².